The smallest absolute Gasteiger partial charge is 0.226 e. The monoisotopic (exact) mass is 256 g/mol. The molecule has 1 aliphatic heterocycles. The minimum atomic E-state index is -0.00747. The highest BCUT2D eigenvalue weighted by Gasteiger charge is 2.41. The van der Waals surface area contributed by atoms with E-state index in [1.165, 1.54) is 0 Å². The molecule has 1 fully saturated rings. The van der Waals surface area contributed by atoms with Crippen molar-refractivity contribution >= 4 is 5.91 Å². The zero-order chi connectivity index (χ0) is 13.7. The number of amides is 1. The third-order valence-corrected chi connectivity index (χ3v) is 4.12. The van der Waals surface area contributed by atoms with Gasteiger partial charge in [-0.3, -0.25) is 4.79 Å². The molecule has 0 aromatic heterocycles. The molecule has 1 aliphatic rings. The van der Waals surface area contributed by atoms with Gasteiger partial charge in [0.1, 0.15) is 0 Å². The normalized spacial score (nSPS) is 33.4. The summed E-state index contributed by atoms with van der Waals surface area (Å²) in [5, 5.41) is 3.03. The van der Waals surface area contributed by atoms with E-state index in [-0.39, 0.29) is 24.0 Å². The van der Waals surface area contributed by atoms with Crippen LogP contribution in [0.15, 0.2) is 0 Å². The Kier molecular flexibility index (Phi) is 6.09. The Labute approximate surface area is 111 Å². The molecule has 5 unspecified atom stereocenters. The predicted molar refractivity (Wildman–Crippen MR) is 73.1 cm³/mol. The molecular weight excluding hydrogens is 228 g/mol. The quantitative estimate of drug-likeness (QED) is 0.708. The Morgan fingerprint density at radius 2 is 2.00 bits per heavy atom. The van der Waals surface area contributed by atoms with Gasteiger partial charge in [-0.2, -0.15) is 0 Å². The van der Waals surface area contributed by atoms with E-state index in [9.17, 15) is 4.79 Å². The lowest BCUT2D eigenvalue weighted by atomic mass is 9.89. The number of rotatable bonds is 6. The van der Waals surface area contributed by atoms with Crippen LogP contribution in [-0.2, 0) is 9.53 Å². The van der Waals surface area contributed by atoms with Gasteiger partial charge in [0.2, 0.25) is 5.91 Å². The van der Waals surface area contributed by atoms with Crippen molar-refractivity contribution in [3.8, 4) is 0 Å². The molecule has 4 heteroatoms. The van der Waals surface area contributed by atoms with Crippen molar-refractivity contribution in [2.45, 2.75) is 52.7 Å². The first kappa shape index (κ1) is 15.4. The lowest BCUT2D eigenvalue weighted by Crippen LogP contribution is -2.37. The van der Waals surface area contributed by atoms with Crippen LogP contribution in [0.5, 0.6) is 0 Å². The van der Waals surface area contributed by atoms with Crippen LogP contribution in [0.1, 0.15) is 40.5 Å². The molecule has 0 radical (unpaired) electrons. The Morgan fingerprint density at radius 1 is 1.33 bits per heavy atom. The molecule has 1 saturated heterocycles. The summed E-state index contributed by atoms with van der Waals surface area (Å²) in [5.74, 6) is 0.962. The van der Waals surface area contributed by atoms with Gasteiger partial charge in [-0.15, -0.1) is 0 Å². The van der Waals surface area contributed by atoms with Crippen molar-refractivity contribution in [1.82, 2.24) is 5.32 Å². The lowest BCUT2D eigenvalue weighted by molar-refractivity contribution is -0.127. The summed E-state index contributed by atoms with van der Waals surface area (Å²) < 4.78 is 5.69. The summed E-state index contributed by atoms with van der Waals surface area (Å²) in [6.07, 6.45) is 2.26. The Balaban J connectivity index is 2.28. The second-order valence-corrected chi connectivity index (χ2v) is 5.71. The van der Waals surface area contributed by atoms with E-state index in [1.807, 2.05) is 13.8 Å². The average molecular weight is 256 g/mol. The van der Waals surface area contributed by atoms with E-state index in [4.69, 9.17) is 10.5 Å². The van der Waals surface area contributed by atoms with Crippen molar-refractivity contribution in [3.05, 3.63) is 0 Å². The number of carbonyl (C=O) groups is 1. The van der Waals surface area contributed by atoms with Crippen molar-refractivity contribution in [1.29, 1.82) is 0 Å². The van der Waals surface area contributed by atoms with E-state index in [1.54, 1.807) is 0 Å². The van der Waals surface area contributed by atoms with Gasteiger partial charge in [0.15, 0.2) is 0 Å². The standard InChI is InChI=1S/C14H28N2O2/c1-9(8-15)6-5-7-16-14(17)13-10(2)11(3)18-12(13)4/h9-13H,5-8,15H2,1-4H3,(H,16,17). The van der Waals surface area contributed by atoms with Crippen LogP contribution < -0.4 is 11.1 Å². The molecule has 3 N–H and O–H groups in total. The van der Waals surface area contributed by atoms with Crippen LogP contribution in [0.2, 0.25) is 0 Å². The topological polar surface area (TPSA) is 64.3 Å². The molecule has 0 aliphatic carbocycles. The molecule has 1 rings (SSSR count). The fourth-order valence-corrected chi connectivity index (χ4v) is 2.62. The molecule has 106 valence electrons. The van der Waals surface area contributed by atoms with Gasteiger partial charge in [0, 0.05) is 6.54 Å². The van der Waals surface area contributed by atoms with E-state index in [2.05, 4.69) is 19.2 Å². The van der Waals surface area contributed by atoms with Crippen molar-refractivity contribution in [3.63, 3.8) is 0 Å². The van der Waals surface area contributed by atoms with E-state index in [0.717, 1.165) is 25.9 Å². The number of ether oxygens (including phenoxy) is 1. The average Bonchev–Trinajstić information content (AvgIpc) is 2.58. The highest BCUT2D eigenvalue weighted by atomic mass is 16.5. The largest absolute Gasteiger partial charge is 0.374 e. The van der Waals surface area contributed by atoms with Crippen LogP contribution in [0.25, 0.3) is 0 Å². The van der Waals surface area contributed by atoms with Crippen LogP contribution in [0.3, 0.4) is 0 Å². The Hall–Kier alpha value is -0.610. The third-order valence-electron chi connectivity index (χ3n) is 4.12. The summed E-state index contributed by atoms with van der Waals surface area (Å²) in [6.45, 7) is 9.72. The highest BCUT2D eigenvalue weighted by Crippen LogP contribution is 2.32. The zero-order valence-electron chi connectivity index (χ0n) is 12.1. The number of hydrogen-bond acceptors (Lipinski definition) is 3. The molecule has 0 spiro atoms. The summed E-state index contributed by atoms with van der Waals surface area (Å²) in [7, 11) is 0. The lowest BCUT2D eigenvalue weighted by Gasteiger charge is -2.18. The molecule has 0 aromatic rings. The summed E-state index contributed by atoms with van der Waals surface area (Å²) in [4.78, 5) is 12.1. The van der Waals surface area contributed by atoms with E-state index < -0.39 is 0 Å². The van der Waals surface area contributed by atoms with Crippen LogP contribution in [-0.4, -0.2) is 31.2 Å². The maximum Gasteiger partial charge on any atom is 0.226 e. The first-order valence-corrected chi connectivity index (χ1v) is 7.10. The van der Waals surface area contributed by atoms with Crippen LogP contribution >= 0.6 is 0 Å². The van der Waals surface area contributed by atoms with Gasteiger partial charge in [-0.05, 0) is 45.1 Å². The molecule has 5 atom stereocenters. The minimum absolute atomic E-state index is 0.00747. The maximum atomic E-state index is 12.1. The SMILES string of the molecule is CC(CN)CCCNC(=O)C1C(C)OC(C)C1C. The van der Waals surface area contributed by atoms with Gasteiger partial charge in [0.25, 0.3) is 0 Å². The van der Waals surface area contributed by atoms with E-state index in [0.29, 0.717) is 11.8 Å². The van der Waals surface area contributed by atoms with E-state index >= 15 is 0 Å². The first-order chi connectivity index (χ1) is 8.47. The van der Waals surface area contributed by atoms with Gasteiger partial charge in [-0.1, -0.05) is 13.8 Å². The summed E-state index contributed by atoms with van der Waals surface area (Å²) in [6, 6.07) is 0. The van der Waals surface area contributed by atoms with Crippen LogP contribution in [0, 0.1) is 17.8 Å². The van der Waals surface area contributed by atoms with Crippen molar-refractivity contribution in [2.24, 2.45) is 23.5 Å². The first-order valence-electron chi connectivity index (χ1n) is 7.10. The molecule has 0 saturated carbocycles. The number of nitrogens with one attached hydrogen (secondary N) is 1. The Bertz CT molecular complexity index is 271. The predicted octanol–water partition coefficient (Wildman–Crippen LogP) is 1.54. The molecule has 0 bridgehead atoms. The maximum absolute atomic E-state index is 12.1. The molecule has 4 nitrogen and oxygen atoms in total. The Morgan fingerprint density at radius 3 is 2.50 bits per heavy atom. The van der Waals surface area contributed by atoms with Crippen LogP contribution in [0.4, 0.5) is 0 Å². The number of carbonyl (C=O) groups excluding carboxylic acids is 1. The second-order valence-electron chi connectivity index (χ2n) is 5.71. The molecule has 1 heterocycles. The van der Waals surface area contributed by atoms with Gasteiger partial charge in [0.05, 0.1) is 18.1 Å². The van der Waals surface area contributed by atoms with Gasteiger partial charge in [-0.25, -0.2) is 0 Å². The number of hydrogen-bond donors (Lipinski definition) is 2. The molecule has 0 aromatic carbocycles. The van der Waals surface area contributed by atoms with Gasteiger partial charge < -0.3 is 15.8 Å². The molecular formula is C14H28N2O2. The van der Waals surface area contributed by atoms with Crippen molar-refractivity contribution in [2.75, 3.05) is 13.1 Å². The van der Waals surface area contributed by atoms with Crippen molar-refractivity contribution < 1.29 is 9.53 Å². The molecule has 18 heavy (non-hydrogen) atoms. The fourth-order valence-electron chi connectivity index (χ4n) is 2.62. The second kappa shape index (κ2) is 7.10. The number of nitrogens with two attached hydrogens (primary N) is 1. The highest BCUT2D eigenvalue weighted by molar-refractivity contribution is 5.79. The summed E-state index contributed by atoms with van der Waals surface area (Å²) >= 11 is 0. The summed E-state index contributed by atoms with van der Waals surface area (Å²) in [5.41, 5.74) is 5.56. The third kappa shape index (κ3) is 3.95. The fraction of sp³-hybridized carbons (Fsp3) is 0.929. The minimum Gasteiger partial charge on any atom is -0.374 e. The zero-order valence-corrected chi connectivity index (χ0v) is 12.1. The molecule has 1 amide bonds. The van der Waals surface area contributed by atoms with Gasteiger partial charge >= 0.3 is 0 Å².